The van der Waals surface area contributed by atoms with E-state index in [1.54, 1.807) is 6.20 Å². The second kappa shape index (κ2) is 9.06. The number of hydrogen-bond acceptors (Lipinski definition) is 3. The first-order valence-corrected chi connectivity index (χ1v) is 10.0. The van der Waals surface area contributed by atoms with Crippen LogP contribution in [0.5, 0.6) is 5.75 Å². The molecule has 146 valence electrons. The van der Waals surface area contributed by atoms with Gasteiger partial charge in [-0.15, -0.1) is 0 Å². The number of benzene rings is 2. The molecule has 0 aliphatic rings. The lowest BCUT2D eigenvalue weighted by molar-refractivity contribution is 0.0949. The first-order chi connectivity index (χ1) is 13.5. The summed E-state index contributed by atoms with van der Waals surface area (Å²) in [5.41, 5.74) is 4.82. The van der Waals surface area contributed by atoms with Gasteiger partial charge < -0.3 is 10.1 Å². The molecule has 3 rings (SSSR count). The predicted molar refractivity (Wildman–Crippen MR) is 113 cm³/mol. The lowest BCUT2D eigenvalue weighted by Gasteiger charge is -2.11. The zero-order valence-corrected chi connectivity index (χ0v) is 17.9. The van der Waals surface area contributed by atoms with Crippen LogP contribution < -0.4 is 10.1 Å². The van der Waals surface area contributed by atoms with Gasteiger partial charge in [-0.1, -0.05) is 29.8 Å². The summed E-state index contributed by atoms with van der Waals surface area (Å²) >= 11 is 3.48. The number of aromatic nitrogens is 2. The van der Waals surface area contributed by atoms with Crippen molar-refractivity contribution in [1.82, 2.24) is 15.1 Å². The highest BCUT2D eigenvalue weighted by molar-refractivity contribution is 9.10. The van der Waals surface area contributed by atoms with E-state index in [0.29, 0.717) is 18.7 Å². The Hall–Kier alpha value is -2.60. The van der Waals surface area contributed by atoms with Gasteiger partial charge in [-0.25, -0.2) is 0 Å². The minimum atomic E-state index is -0.121. The number of aryl methyl sites for hydroxylation is 3. The summed E-state index contributed by atoms with van der Waals surface area (Å²) in [5, 5.41) is 7.23. The zero-order valence-electron chi connectivity index (χ0n) is 16.3. The van der Waals surface area contributed by atoms with Crippen molar-refractivity contribution in [1.29, 1.82) is 0 Å². The molecule has 0 saturated heterocycles. The molecular formula is C22H24BrN3O2. The predicted octanol–water partition coefficient (Wildman–Crippen LogP) is 4.79. The number of amides is 1. The van der Waals surface area contributed by atoms with Gasteiger partial charge in [0.25, 0.3) is 5.91 Å². The first kappa shape index (κ1) is 20.1. The topological polar surface area (TPSA) is 56.2 Å². The van der Waals surface area contributed by atoms with E-state index in [1.165, 1.54) is 5.56 Å². The fraction of sp³-hybridized carbons (Fsp3) is 0.273. The van der Waals surface area contributed by atoms with E-state index in [1.807, 2.05) is 54.9 Å². The van der Waals surface area contributed by atoms with Crippen LogP contribution in [0.25, 0.3) is 0 Å². The van der Waals surface area contributed by atoms with Crippen molar-refractivity contribution in [2.45, 2.75) is 40.5 Å². The van der Waals surface area contributed by atoms with Crippen molar-refractivity contribution in [2.24, 2.45) is 0 Å². The molecule has 0 saturated carbocycles. The molecular weight excluding hydrogens is 418 g/mol. The molecule has 1 heterocycles. The van der Waals surface area contributed by atoms with E-state index in [2.05, 4.69) is 39.3 Å². The van der Waals surface area contributed by atoms with E-state index >= 15 is 0 Å². The van der Waals surface area contributed by atoms with Gasteiger partial charge in [0, 0.05) is 12.1 Å². The largest absolute Gasteiger partial charge is 0.489 e. The molecule has 0 spiro atoms. The van der Waals surface area contributed by atoms with Gasteiger partial charge in [-0.05, 0) is 66.0 Å². The van der Waals surface area contributed by atoms with Crippen LogP contribution in [0.4, 0.5) is 0 Å². The molecule has 5 nitrogen and oxygen atoms in total. The number of carbonyl (C=O) groups is 1. The second-order valence-corrected chi connectivity index (χ2v) is 7.55. The monoisotopic (exact) mass is 441 g/mol. The molecule has 28 heavy (non-hydrogen) atoms. The van der Waals surface area contributed by atoms with Gasteiger partial charge in [0.1, 0.15) is 12.4 Å². The smallest absolute Gasteiger partial charge is 0.251 e. The highest BCUT2D eigenvalue weighted by Crippen LogP contribution is 2.20. The molecule has 3 aromatic rings. The van der Waals surface area contributed by atoms with Crippen LogP contribution in [-0.2, 0) is 19.7 Å². The Morgan fingerprint density at radius 2 is 2.04 bits per heavy atom. The Balaban J connectivity index is 1.63. The maximum atomic E-state index is 12.6. The molecule has 0 aliphatic heterocycles. The lowest BCUT2D eigenvalue weighted by atomic mass is 10.1. The Kier molecular flexibility index (Phi) is 6.52. The quantitative estimate of drug-likeness (QED) is 0.573. The molecule has 1 amide bonds. The maximum Gasteiger partial charge on any atom is 0.251 e. The number of nitrogens with zero attached hydrogens (tertiary/aromatic N) is 2. The molecule has 6 heteroatoms. The SMILES string of the molecule is CCn1ncc(Br)c1CNC(=O)c1cccc(COc2ccc(C)cc2C)c1. The average Bonchev–Trinajstić information content (AvgIpc) is 3.05. The summed E-state index contributed by atoms with van der Waals surface area (Å²) in [4.78, 5) is 12.6. The Morgan fingerprint density at radius 3 is 2.79 bits per heavy atom. The fourth-order valence-electron chi connectivity index (χ4n) is 3.03. The zero-order chi connectivity index (χ0) is 20.1. The molecule has 0 bridgehead atoms. The third-order valence-corrected chi connectivity index (χ3v) is 5.19. The number of halogens is 1. The summed E-state index contributed by atoms with van der Waals surface area (Å²) in [6, 6.07) is 13.6. The minimum Gasteiger partial charge on any atom is -0.489 e. The Bertz CT molecular complexity index is 982. The van der Waals surface area contributed by atoms with Gasteiger partial charge >= 0.3 is 0 Å². The van der Waals surface area contributed by atoms with E-state index in [4.69, 9.17) is 4.74 Å². The van der Waals surface area contributed by atoms with Gasteiger partial charge in [-0.2, -0.15) is 5.10 Å². The van der Waals surface area contributed by atoms with Crippen LogP contribution in [0.15, 0.2) is 53.1 Å². The van der Waals surface area contributed by atoms with Crippen LogP contribution in [0, 0.1) is 13.8 Å². The Morgan fingerprint density at radius 1 is 1.21 bits per heavy atom. The van der Waals surface area contributed by atoms with Crippen LogP contribution in [0.1, 0.15) is 39.7 Å². The standard InChI is InChI=1S/C22H24BrN3O2/c1-4-26-20(19(23)12-25-26)13-24-22(27)18-7-5-6-17(11-18)14-28-21-9-8-15(2)10-16(21)3/h5-12H,4,13-14H2,1-3H3,(H,24,27). The third kappa shape index (κ3) is 4.81. The van der Waals surface area contributed by atoms with Crippen molar-refractivity contribution in [2.75, 3.05) is 0 Å². The number of rotatable bonds is 7. The van der Waals surface area contributed by atoms with Gasteiger partial charge in [0.05, 0.1) is 22.9 Å². The summed E-state index contributed by atoms with van der Waals surface area (Å²) in [5.74, 6) is 0.738. The van der Waals surface area contributed by atoms with Gasteiger partial charge in [-0.3, -0.25) is 9.48 Å². The van der Waals surface area contributed by atoms with Crippen molar-refractivity contribution < 1.29 is 9.53 Å². The maximum absolute atomic E-state index is 12.6. The van der Waals surface area contributed by atoms with E-state index in [9.17, 15) is 4.79 Å². The average molecular weight is 442 g/mol. The summed E-state index contributed by atoms with van der Waals surface area (Å²) < 4.78 is 8.68. The number of ether oxygens (including phenoxy) is 1. The number of nitrogens with one attached hydrogen (secondary N) is 1. The van der Waals surface area contributed by atoms with E-state index in [0.717, 1.165) is 33.6 Å². The third-order valence-electron chi connectivity index (χ3n) is 4.53. The first-order valence-electron chi connectivity index (χ1n) is 9.25. The molecule has 0 unspecified atom stereocenters. The minimum absolute atomic E-state index is 0.121. The molecule has 1 N–H and O–H groups in total. The second-order valence-electron chi connectivity index (χ2n) is 6.70. The molecule has 2 aromatic carbocycles. The fourth-order valence-corrected chi connectivity index (χ4v) is 3.46. The van der Waals surface area contributed by atoms with Crippen molar-refractivity contribution in [3.8, 4) is 5.75 Å². The molecule has 1 aromatic heterocycles. The normalized spacial score (nSPS) is 10.7. The summed E-state index contributed by atoms with van der Waals surface area (Å²) in [6.45, 7) is 7.69. The molecule has 0 aliphatic carbocycles. The van der Waals surface area contributed by atoms with Gasteiger partial charge in [0.15, 0.2) is 0 Å². The summed E-state index contributed by atoms with van der Waals surface area (Å²) in [6.07, 6.45) is 1.75. The van der Waals surface area contributed by atoms with Crippen LogP contribution in [0.3, 0.4) is 0 Å². The molecule has 0 fully saturated rings. The van der Waals surface area contributed by atoms with Gasteiger partial charge in [0.2, 0.25) is 0 Å². The molecule has 0 atom stereocenters. The number of hydrogen-bond donors (Lipinski definition) is 1. The van der Waals surface area contributed by atoms with Crippen molar-refractivity contribution in [3.63, 3.8) is 0 Å². The van der Waals surface area contributed by atoms with E-state index in [-0.39, 0.29) is 5.91 Å². The van der Waals surface area contributed by atoms with Crippen LogP contribution >= 0.6 is 15.9 Å². The Labute approximate surface area is 173 Å². The van der Waals surface area contributed by atoms with Crippen molar-refractivity contribution >= 4 is 21.8 Å². The summed E-state index contributed by atoms with van der Waals surface area (Å²) in [7, 11) is 0. The highest BCUT2D eigenvalue weighted by Gasteiger charge is 2.11. The van der Waals surface area contributed by atoms with E-state index < -0.39 is 0 Å². The molecule has 0 radical (unpaired) electrons. The van der Waals surface area contributed by atoms with Crippen LogP contribution in [0.2, 0.25) is 0 Å². The lowest BCUT2D eigenvalue weighted by Crippen LogP contribution is -2.24. The van der Waals surface area contributed by atoms with Crippen molar-refractivity contribution in [3.05, 3.63) is 81.1 Å². The van der Waals surface area contributed by atoms with Crippen LogP contribution in [-0.4, -0.2) is 15.7 Å². The highest BCUT2D eigenvalue weighted by atomic mass is 79.9. The number of carbonyl (C=O) groups excluding carboxylic acids is 1.